The maximum Gasteiger partial charge on any atom is 0.341 e. The van der Waals surface area contributed by atoms with Crippen molar-refractivity contribution in [2.24, 2.45) is 0 Å². The lowest BCUT2D eigenvalue weighted by Gasteiger charge is -2.08. The summed E-state index contributed by atoms with van der Waals surface area (Å²) in [5, 5.41) is 0.880. The average Bonchev–Trinajstić information content (AvgIpc) is 2.42. The molecule has 0 aliphatic rings. The fourth-order valence-electron chi connectivity index (χ4n) is 1.57. The van der Waals surface area contributed by atoms with Crippen molar-refractivity contribution in [3.8, 4) is 0 Å². The zero-order valence-corrected chi connectivity index (χ0v) is 11.7. The highest BCUT2D eigenvalue weighted by atomic mass is 35.5. The largest absolute Gasteiger partial charge is 0.457 e. The number of ether oxygens (including phenoxy) is 1. The molecule has 0 atom stereocenters. The topological polar surface area (TPSA) is 52.3 Å². The van der Waals surface area contributed by atoms with Gasteiger partial charge in [0.15, 0.2) is 0 Å². The molecule has 20 heavy (non-hydrogen) atoms. The lowest BCUT2D eigenvalue weighted by molar-refractivity contribution is 0.0467. The monoisotopic (exact) mass is 313 g/mol. The number of anilines is 1. The third-order valence-corrected chi connectivity index (χ3v) is 3.18. The number of nitrogens with two attached hydrogens (primary N) is 1. The first kappa shape index (κ1) is 14.6. The van der Waals surface area contributed by atoms with Gasteiger partial charge in [0.25, 0.3) is 0 Å². The average molecular weight is 314 g/mol. The molecule has 2 aromatic rings. The van der Waals surface area contributed by atoms with E-state index in [2.05, 4.69) is 0 Å². The van der Waals surface area contributed by atoms with Gasteiger partial charge in [0, 0.05) is 21.3 Å². The van der Waals surface area contributed by atoms with Crippen LogP contribution in [0.4, 0.5) is 10.1 Å². The van der Waals surface area contributed by atoms with Gasteiger partial charge in [0.2, 0.25) is 0 Å². The molecule has 2 rings (SSSR count). The van der Waals surface area contributed by atoms with Gasteiger partial charge in [-0.15, -0.1) is 0 Å². The van der Waals surface area contributed by atoms with Crippen LogP contribution >= 0.6 is 23.2 Å². The van der Waals surface area contributed by atoms with Crippen LogP contribution in [0.2, 0.25) is 10.0 Å². The molecule has 0 unspecified atom stereocenters. The molecule has 6 heteroatoms. The second kappa shape index (κ2) is 6.11. The van der Waals surface area contributed by atoms with Crippen molar-refractivity contribution in [1.29, 1.82) is 0 Å². The number of hydrogen-bond donors (Lipinski definition) is 1. The lowest BCUT2D eigenvalue weighted by atomic mass is 10.2. The molecule has 0 aliphatic carbocycles. The van der Waals surface area contributed by atoms with E-state index < -0.39 is 11.8 Å². The molecule has 3 nitrogen and oxygen atoms in total. The summed E-state index contributed by atoms with van der Waals surface area (Å²) in [4.78, 5) is 11.8. The molecule has 0 saturated carbocycles. The van der Waals surface area contributed by atoms with E-state index in [-0.39, 0.29) is 17.9 Å². The van der Waals surface area contributed by atoms with Crippen molar-refractivity contribution in [2.75, 3.05) is 5.73 Å². The van der Waals surface area contributed by atoms with E-state index in [9.17, 15) is 9.18 Å². The van der Waals surface area contributed by atoms with Crippen LogP contribution in [-0.2, 0) is 11.3 Å². The number of carbonyl (C=O) groups is 1. The molecule has 0 heterocycles. The zero-order valence-electron chi connectivity index (χ0n) is 10.2. The van der Waals surface area contributed by atoms with Crippen molar-refractivity contribution < 1.29 is 13.9 Å². The highest BCUT2D eigenvalue weighted by Gasteiger charge is 2.14. The van der Waals surface area contributed by atoms with Gasteiger partial charge < -0.3 is 10.5 Å². The Hall–Kier alpha value is -1.78. The summed E-state index contributed by atoms with van der Waals surface area (Å²) in [5.41, 5.74) is 6.10. The van der Waals surface area contributed by atoms with Crippen LogP contribution in [-0.4, -0.2) is 5.97 Å². The number of halogens is 3. The van der Waals surface area contributed by atoms with Crippen molar-refractivity contribution >= 4 is 34.9 Å². The van der Waals surface area contributed by atoms with Crippen LogP contribution in [0.5, 0.6) is 0 Å². The Morgan fingerprint density at radius 2 is 1.95 bits per heavy atom. The highest BCUT2D eigenvalue weighted by molar-refractivity contribution is 6.33. The normalized spacial score (nSPS) is 10.3. The Morgan fingerprint density at radius 3 is 2.70 bits per heavy atom. The minimum Gasteiger partial charge on any atom is -0.457 e. The molecule has 0 spiro atoms. The van der Waals surface area contributed by atoms with Gasteiger partial charge in [-0.05, 0) is 36.4 Å². The van der Waals surface area contributed by atoms with Crippen LogP contribution in [0.1, 0.15) is 15.9 Å². The fourth-order valence-corrected chi connectivity index (χ4v) is 1.94. The Morgan fingerprint density at radius 1 is 1.20 bits per heavy atom. The van der Waals surface area contributed by atoms with E-state index >= 15 is 0 Å². The molecule has 0 radical (unpaired) electrons. The van der Waals surface area contributed by atoms with Gasteiger partial charge in [0.05, 0.1) is 5.56 Å². The molecule has 0 aliphatic heterocycles. The second-order valence-corrected chi connectivity index (χ2v) is 4.89. The fraction of sp³-hybridized carbons (Fsp3) is 0.0714. The predicted octanol–water partition coefficient (Wildman–Crippen LogP) is 4.07. The Labute approximate surface area is 125 Å². The SMILES string of the molecule is Nc1ccc(F)c(C(=O)OCc2cc(Cl)ccc2Cl)c1. The molecule has 0 aromatic heterocycles. The van der Waals surface area contributed by atoms with Crippen LogP contribution in [0.3, 0.4) is 0 Å². The van der Waals surface area contributed by atoms with Gasteiger partial charge in [-0.25, -0.2) is 9.18 Å². The highest BCUT2D eigenvalue weighted by Crippen LogP contribution is 2.22. The Kier molecular flexibility index (Phi) is 4.47. The van der Waals surface area contributed by atoms with E-state index in [1.54, 1.807) is 18.2 Å². The molecule has 0 fully saturated rings. The van der Waals surface area contributed by atoms with Gasteiger partial charge >= 0.3 is 5.97 Å². The van der Waals surface area contributed by atoms with Crippen molar-refractivity contribution in [2.45, 2.75) is 6.61 Å². The summed E-state index contributed by atoms with van der Waals surface area (Å²) in [5.74, 6) is -1.51. The van der Waals surface area contributed by atoms with Gasteiger partial charge in [-0.2, -0.15) is 0 Å². The third-order valence-electron chi connectivity index (χ3n) is 2.58. The summed E-state index contributed by atoms with van der Waals surface area (Å²) in [6.07, 6.45) is 0. The number of nitrogen functional groups attached to an aromatic ring is 1. The maximum absolute atomic E-state index is 13.5. The van der Waals surface area contributed by atoms with Crippen LogP contribution in [0.25, 0.3) is 0 Å². The van der Waals surface area contributed by atoms with E-state index in [4.69, 9.17) is 33.7 Å². The summed E-state index contributed by atoms with van der Waals surface area (Å²) >= 11 is 11.8. The first-order valence-corrected chi connectivity index (χ1v) is 6.39. The van der Waals surface area contributed by atoms with Crippen molar-refractivity contribution in [3.05, 3.63) is 63.4 Å². The third kappa shape index (κ3) is 3.40. The molecular weight excluding hydrogens is 304 g/mol. The van der Waals surface area contributed by atoms with E-state index in [0.717, 1.165) is 6.07 Å². The molecule has 2 N–H and O–H groups in total. The molecular formula is C14H10Cl2FNO2. The summed E-state index contributed by atoms with van der Waals surface area (Å²) in [6.45, 7) is -0.105. The first-order chi connectivity index (χ1) is 9.47. The maximum atomic E-state index is 13.5. The van der Waals surface area contributed by atoms with Gasteiger partial charge in [-0.1, -0.05) is 23.2 Å². The smallest absolute Gasteiger partial charge is 0.341 e. The molecule has 0 bridgehead atoms. The van der Waals surface area contributed by atoms with Crippen molar-refractivity contribution in [3.63, 3.8) is 0 Å². The number of hydrogen-bond acceptors (Lipinski definition) is 3. The standard InChI is InChI=1S/C14H10Cl2FNO2/c15-9-1-3-12(16)8(5-9)7-20-14(19)11-6-10(18)2-4-13(11)17/h1-6H,7,18H2. The Balaban J connectivity index is 2.12. The predicted molar refractivity (Wildman–Crippen MR) is 76.4 cm³/mol. The molecule has 2 aromatic carbocycles. The minimum absolute atomic E-state index is 0.105. The quantitative estimate of drug-likeness (QED) is 0.686. The van der Waals surface area contributed by atoms with Gasteiger partial charge in [-0.3, -0.25) is 0 Å². The van der Waals surface area contributed by atoms with E-state index in [1.165, 1.54) is 12.1 Å². The second-order valence-electron chi connectivity index (χ2n) is 4.05. The molecule has 0 saturated heterocycles. The number of rotatable bonds is 3. The summed E-state index contributed by atoms with van der Waals surface area (Å²) in [7, 11) is 0. The van der Waals surface area contributed by atoms with Crippen LogP contribution in [0.15, 0.2) is 36.4 Å². The first-order valence-electron chi connectivity index (χ1n) is 5.63. The van der Waals surface area contributed by atoms with Crippen molar-refractivity contribution in [1.82, 2.24) is 0 Å². The van der Waals surface area contributed by atoms with Crippen LogP contribution in [0, 0.1) is 5.82 Å². The van der Waals surface area contributed by atoms with E-state index in [1.807, 2.05) is 0 Å². The lowest BCUT2D eigenvalue weighted by Crippen LogP contribution is -2.08. The summed E-state index contributed by atoms with van der Waals surface area (Å²) in [6, 6.07) is 8.48. The van der Waals surface area contributed by atoms with E-state index in [0.29, 0.717) is 15.6 Å². The van der Waals surface area contributed by atoms with Gasteiger partial charge in [0.1, 0.15) is 12.4 Å². The number of carbonyl (C=O) groups excluding carboxylic acids is 1. The zero-order chi connectivity index (χ0) is 14.7. The van der Waals surface area contributed by atoms with Crippen LogP contribution < -0.4 is 5.73 Å². The minimum atomic E-state index is -0.814. The summed E-state index contributed by atoms with van der Waals surface area (Å²) < 4.78 is 18.5. The Bertz CT molecular complexity index is 662. The number of esters is 1. The molecule has 104 valence electrons. The number of benzene rings is 2. The molecule has 0 amide bonds.